The number of rotatable bonds is 8. The van der Waals surface area contributed by atoms with Crippen LogP contribution in [0.1, 0.15) is 28.8 Å². The minimum atomic E-state index is -0.470. The summed E-state index contributed by atoms with van der Waals surface area (Å²) in [7, 11) is 5.07. The Hall–Kier alpha value is -3.07. The number of amides is 1. The van der Waals surface area contributed by atoms with E-state index in [0.717, 1.165) is 17.0 Å². The number of thioether (sulfide) groups is 1. The molecule has 3 rings (SSSR count). The molecule has 8 nitrogen and oxygen atoms in total. The molecule has 0 bridgehead atoms. The van der Waals surface area contributed by atoms with Gasteiger partial charge in [-0.15, -0.1) is 0 Å². The van der Waals surface area contributed by atoms with E-state index >= 15 is 0 Å². The molecule has 1 atom stereocenters. The van der Waals surface area contributed by atoms with Gasteiger partial charge in [-0.05, 0) is 37.6 Å². The lowest BCUT2D eigenvalue weighted by atomic mass is 10.0. The van der Waals surface area contributed by atoms with Gasteiger partial charge in [0.1, 0.15) is 23.4 Å². The number of aryl methyl sites for hydroxylation is 3. The molecule has 3 aromatic rings. The Kier molecular flexibility index (Phi) is 6.94. The second-order valence-corrected chi connectivity index (χ2v) is 7.71. The number of benzene rings is 1. The number of methoxy groups -OCH3 is 2. The van der Waals surface area contributed by atoms with Crippen LogP contribution in [-0.4, -0.2) is 45.4 Å². The van der Waals surface area contributed by atoms with Crippen LogP contribution in [0.3, 0.4) is 0 Å². The van der Waals surface area contributed by atoms with E-state index in [-0.39, 0.29) is 11.7 Å². The molecule has 158 valence electrons. The van der Waals surface area contributed by atoms with Crippen LogP contribution in [0.25, 0.3) is 0 Å². The fraction of sp³-hybridized carbons (Fsp3) is 0.333. The van der Waals surface area contributed by atoms with Gasteiger partial charge in [0.25, 0.3) is 0 Å². The van der Waals surface area contributed by atoms with Gasteiger partial charge in [-0.25, -0.2) is 15.0 Å². The number of hydrogen-bond donors (Lipinski definition) is 1. The third kappa shape index (κ3) is 5.29. The largest absolute Gasteiger partial charge is 0.497 e. The fourth-order valence-corrected chi connectivity index (χ4v) is 3.80. The van der Waals surface area contributed by atoms with Crippen molar-refractivity contribution in [1.82, 2.24) is 24.8 Å². The molecule has 0 aliphatic carbocycles. The molecule has 0 aliphatic heterocycles. The summed E-state index contributed by atoms with van der Waals surface area (Å²) in [5.41, 5.74) is 2.56. The lowest BCUT2D eigenvalue weighted by Gasteiger charge is -2.20. The van der Waals surface area contributed by atoms with E-state index in [1.165, 1.54) is 11.8 Å². The van der Waals surface area contributed by atoms with Crippen LogP contribution < -0.4 is 14.8 Å². The van der Waals surface area contributed by atoms with E-state index in [1.54, 1.807) is 26.5 Å². The maximum Gasteiger partial charge on any atom is 0.231 e. The Balaban J connectivity index is 1.83. The van der Waals surface area contributed by atoms with Crippen LogP contribution in [0.4, 0.5) is 0 Å². The monoisotopic (exact) mass is 427 g/mol. The Morgan fingerprint density at radius 2 is 1.73 bits per heavy atom. The van der Waals surface area contributed by atoms with Crippen molar-refractivity contribution in [2.75, 3.05) is 20.0 Å². The van der Waals surface area contributed by atoms with Gasteiger partial charge in [-0.1, -0.05) is 11.8 Å². The number of nitrogens with zero attached hydrogens (tertiary/aromatic N) is 4. The van der Waals surface area contributed by atoms with Gasteiger partial charge in [0.15, 0.2) is 5.16 Å². The van der Waals surface area contributed by atoms with Gasteiger partial charge in [0.2, 0.25) is 5.91 Å². The standard InChI is InChI=1S/C21H25N5O3S/c1-13-8-14(2)24-21(23-13)30-12-18(27)25-19(20-22-6-7-26(20)3)15-9-16(28-4)11-17(10-15)29-5/h6-11,19H,12H2,1-5H3,(H,25,27). The van der Waals surface area contributed by atoms with Crippen molar-refractivity contribution in [3.05, 3.63) is 59.4 Å². The highest BCUT2D eigenvalue weighted by molar-refractivity contribution is 7.99. The number of nitrogens with one attached hydrogen (secondary N) is 1. The molecule has 30 heavy (non-hydrogen) atoms. The summed E-state index contributed by atoms with van der Waals surface area (Å²) < 4.78 is 12.6. The van der Waals surface area contributed by atoms with E-state index in [4.69, 9.17) is 9.47 Å². The van der Waals surface area contributed by atoms with Gasteiger partial charge in [-0.3, -0.25) is 4.79 Å². The SMILES string of the molecule is COc1cc(OC)cc(C(NC(=O)CSc2nc(C)cc(C)n2)c2nccn2C)c1. The molecule has 2 heterocycles. The van der Waals surface area contributed by atoms with Gasteiger partial charge < -0.3 is 19.4 Å². The van der Waals surface area contributed by atoms with Crippen molar-refractivity contribution >= 4 is 17.7 Å². The first-order valence-electron chi connectivity index (χ1n) is 9.34. The minimum Gasteiger partial charge on any atom is -0.497 e. The van der Waals surface area contributed by atoms with Gasteiger partial charge in [0, 0.05) is 36.9 Å². The van der Waals surface area contributed by atoms with E-state index in [1.807, 2.05) is 49.9 Å². The molecule has 1 unspecified atom stereocenters. The molecule has 2 aromatic heterocycles. The third-order valence-electron chi connectivity index (χ3n) is 4.42. The molecule has 0 spiro atoms. The van der Waals surface area contributed by atoms with Crippen molar-refractivity contribution in [3.8, 4) is 11.5 Å². The van der Waals surface area contributed by atoms with Crippen molar-refractivity contribution in [2.24, 2.45) is 7.05 Å². The fourth-order valence-electron chi connectivity index (χ4n) is 3.04. The Morgan fingerprint density at radius 1 is 1.10 bits per heavy atom. The van der Waals surface area contributed by atoms with Crippen LogP contribution in [0, 0.1) is 13.8 Å². The molecule has 1 amide bonds. The zero-order valence-corrected chi connectivity index (χ0v) is 18.5. The van der Waals surface area contributed by atoms with E-state index in [0.29, 0.717) is 22.5 Å². The normalized spacial score (nSPS) is 11.8. The first kappa shape index (κ1) is 21.6. The Labute approximate surface area is 180 Å². The highest BCUT2D eigenvalue weighted by Gasteiger charge is 2.22. The van der Waals surface area contributed by atoms with E-state index in [9.17, 15) is 4.79 Å². The zero-order valence-electron chi connectivity index (χ0n) is 17.7. The maximum atomic E-state index is 12.8. The number of carbonyl (C=O) groups is 1. The molecule has 0 fully saturated rings. The average Bonchev–Trinajstić information content (AvgIpc) is 3.14. The molecule has 0 saturated carbocycles. The highest BCUT2D eigenvalue weighted by atomic mass is 32.2. The summed E-state index contributed by atoms with van der Waals surface area (Å²) in [6.07, 6.45) is 3.54. The van der Waals surface area contributed by atoms with Gasteiger partial charge >= 0.3 is 0 Å². The summed E-state index contributed by atoms with van der Waals surface area (Å²) >= 11 is 1.30. The second-order valence-electron chi connectivity index (χ2n) is 6.76. The summed E-state index contributed by atoms with van der Waals surface area (Å²) in [5, 5.41) is 3.65. The second kappa shape index (κ2) is 9.62. The van der Waals surface area contributed by atoms with Crippen molar-refractivity contribution in [1.29, 1.82) is 0 Å². The molecule has 0 radical (unpaired) electrons. The molecular formula is C21H25N5O3S. The summed E-state index contributed by atoms with van der Waals surface area (Å²) in [4.78, 5) is 26.0. The van der Waals surface area contributed by atoms with Crippen LogP contribution >= 0.6 is 11.8 Å². The molecule has 9 heteroatoms. The van der Waals surface area contributed by atoms with E-state index in [2.05, 4.69) is 20.3 Å². The first-order valence-corrected chi connectivity index (χ1v) is 10.3. The number of imidazole rings is 1. The van der Waals surface area contributed by atoms with Crippen molar-refractivity contribution < 1.29 is 14.3 Å². The molecule has 0 saturated heterocycles. The van der Waals surface area contributed by atoms with E-state index < -0.39 is 6.04 Å². The van der Waals surface area contributed by atoms with Crippen LogP contribution in [-0.2, 0) is 11.8 Å². The molecule has 1 aromatic carbocycles. The maximum absolute atomic E-state index is 12.8. The minimum absolute atomic E-state index is 0.155. The average molecular weight is 428 g/mol. The number of aromatic nitrogens is 4. The van der Waals surface area contributed by atoms with Crippen LogP contribution in [0.5, 0.6) is 11.5 Å². The van der Waals surface area contributed by atoms with Gasteiger partial charge in [0.05, 0.1) is 20.0 Å². The summed E-state index contributed by atoms with van der Waals surface area (Å²) in [5.74, 6) is 2.00. The van der Waals surface area contributed by atoms with Crippen LogP contribution in [0.2, 0.25) is 0 Å². The zero-order chi connectivity index (χ0) is 21.7. The lowest BCUT2D eigenvalue weighted by molar-refractivity contribution is -0.119. The third-order valence-corrected chi connectivity index (χ3v) is 5.27. The number of hydrogen-bond acceptors (Lipinski definition) is 7. The molecule has 0 aliphatic rings. The predicted molar refractivity (Wildman–Crippen MR) is 115 cm³/mol. The topological polar surface area (TPSA) is 91.2 Å². The highest BCUT2D eigenvalue weighted by Crippen LogP contribution is 2.29. The Bertz CT molecular complexity index is 995. The number of ether oxygens (including phenoxy) is 2. The number of carbonyl (C=O) groups excluding carboxylic acids is 1. The summed E-state index contributed by atoms with van der Waals surface area (Å²) in [6.45, 7) is 3.82. The quantitative estimate of drug-likeness (QED) is 0.437. The predicted octanol–water partition coefficient (Wildman–Crippen LogP) is 2.84. The molecule has 1 N–H and O–H groups in total. The lowest BCUT2D eigenvalue weighted by Crippen LogP contribution is -2.32. The Morgan fingerprint density at radius 3 is 2.27 bits per heavy atom. The van der Waals surface area contributed by atoms with Crippen molar-refractivity contribution in [3.63, 3.8) is 0 Å². The van der Waals surface area contributed by atoms with Gasteiger partial charge in [-0.2, -0.15) is 0 Å². The smallest absolute Gasteiger partial charge is 0.231 e. The van der Waals surface area contributed by atoms with Crippen LogP contribution in [0.15, 0.2) is 41.8 Å². The summed E-state index contributed by atoms with van der Waals surface area (Å²) in [6, 6.07) is 6.94. The first-order chi connectivity index (χ1) is 14.4. The van der Waals surface area contributed by atoms with Crippen molar-refractivity contribution in [2.45, 2.75) is 25.0 Å². The molecular weight excluding hydrogens is 402 g/mol.